The molecule has 3 rings (SSSR count). The van der Waals surface area contributed by atoms with Crippen molar-refractivity contribution in [3.8, 4) is 23.0 Å². The predicted octanol–water partition coefficient (Wildman–Crippen LogP) is 7.60. The second kappa shape index (κ2) is 23.2. The van der Waals surface area contributed by atoms with E-state index in [9.17, 15) is 24.3 Å². The van der Waals surface area contributed by atoms with Crippen LogP contribution in [0.3, 0.4) is 0 Å². The Morgan fingerprint density at radius 2 is 1.00 bits per heavy atom. The first-order chi connectivity index (χ1) is 26.0. The fraction of sp³-hybridized carbons (Fsp3) is 0.463. The summed E-state index contributed by atoms with van der Waals surface area (Å²) < 4.78 is 37.1. The SMILES string of the molecule is COC(=O)c1c(O)cccc1OCCCCNC(=O)OC(C)(C)C.COC(=O)c1c(OCCCCNC(=O)OC(C)(C)C)cccc1OCc1ccccc1. The Hall–Kier alpha value is -5.66. The highest BCUT2D eigenvalue weighted by Gasteiger charge is 2.21. The van der Waals surface area contributed by atoms with Crippen molar-refractivity contribution in [2.75, 3.05) is 40.5 Å². The first-order valence-electron chi connectivity index (χ1n) is 18.0. The molecule has 0 unspecified atom stereocenters. The zero-order valence-electron chi connectivity index (χ0n) is 33.2. The second-order valence-electron chi connectivity index (χ2n) is 14.0. The Kier molecular flexibility index (Phi) is 19.2. The third kappa shape index (κ3) is 18.3. The standard InChI is InChI=1S/C24H31NO6.C17H25NO6/c1-24(2,3)31-23(27)25-15-8-9-16-29-19-13-10-14-20(21(19)22(26)28-4)30-17-18-11-6-5-7-12-18;1-17(2,3)24-16(21)18-10-5-6-11-23-13-9-7-8-12(19)14(13)15(20)22-4/h5-7,10-14H,8-9,15-17H2,1-4H3,(H,25,27);7-9,19H,5-6,10-11H2,1-4H3,(H,18,21). The summed E-state index contributed by atoms with van der Waals surface area (Å²) in [7, 11) is 2.56. The number of aromatic hydroxyl groups is 1. The number of nitrogens with one attached hydrogen (secondary N) is 2. The lowest BCUT2D eigenvalue weighted by Crippen LogP contribution is -2.33. The molecule has 0 aromatic heterocycles. The van der Waals surface area contributed by atoms with Crippen LogP contribution in [0.1, 0.15) is 93.5 Å². The van der Waals surface area contributed by atoms with Crippen molar-refractivity contribution in [1.29, 1.82) is 0 Å². The Morgan fingerprint density at radius 3 is 1.47 bits per heavy atom. The van der Waals surface area contributed by atoms with E-state index in [4.69, 9.17) is 28.4 Å². The molecule has 0 aliphatic heterocycles. The van der Waals surface area contributed by atoms with Crippen LogP contribution < -0.4 is 24.8 Å². The fourth-order valence-corrected chi connectivity index (χ4v) is 4.56. The summed E-state index contributed by atoms with van der Waals surface area (Å²) in [4.78, 5) is 47.1. The fourth-order valence-electron chi connectivity index (χ4n) is 4.56. The number of hydrogen-bond acceptors (Lipinski definition) is 12. The molecule has 0 aliphatic rings. The Labute approximate surface area is 323 Å². The van der Waals surface area contributed by atoms with Crippen molar-refractivity contribution >= 4 is 24.1 Å². The van der Waals surface area contributed by atoms with Gasteiger partial charge in [0.05, 0.1) is 27.4 Å². The van der Waals surface area contributed by atoms with Crippen LogP contribution in [0, 0.1) is 0 Å². The number of methoxy groups -OCH3 is 2. The van der Waals surface area contributed by atoms with Crippen LogP contribution >= 0.6 is 0 Å². The van der Waals surface area contributed by atoms with E-state index in [0.29, 0.717) is 70.1 Å². The van der Waals surface area contributed by atoms with Crippen LogP contribution in [-0.4, -0.2) is 81.0 Å². The van der Waals surface area contributed by atoms with Gasteiger partial charge in [0.1, 0.15) is 51.9 Å². The van der Waals surface area contributed by atoms with Crippen LogP contribution in [0.5, 0.6) is 23.0 Å². The minimum Gasteiger partial charge on any atom is -0.507 e. The van der Waals surface area contributed by atoms with Crippen LogP contribution in [0.15, 0.2) is 66.7 Å². The molecule has 3 N–H and O–H groups in total. The lowest BCUT2D eigenvalue weighted by molar-refractivity contribution is 0.0515. The van der Waals surface area contributed by atoms with Crippen molar-refractivity contribution < 1.29 is 57.4 Å². The molecule has 302 valence electrons. The average Bonchev–Trinajstić information content (AvgIpc) is 3.12. The average molecular weight is 769 g/mol. The van der Waals surface area contributed by atoms with Gasteiger partial charge in [-0.25, -0.2) is 19.2 Å². The summed E-state index contributed by atoms with van der Waals surface area (Å²) in [5, 5.41) is 15.1. The van der Waals surface area contributed by atoms with E-state index in [1.165, 1.54) is 20.3 Å². The van der Waals surface area contributed by atoms with Crippen molar-refractivity contribution in [2.24, 2.45) is 0 Å². The lowest BCUT2D eigenvalue weighted by atomic mass is 10.1. The number of carbonyl (C=O) groups is 4. The molecule has 3 aromatic carbocycles. The highest BCUT2D eigenvalue weighted by Crippen LogP contribution is 2.31. The minimum atomic E-state index is -0.658. The molecule has 0 bridgehead atoms. The predicted molar refractivity (Wildman–Crippen MR) is 206 cm³/mol. The summed E-state index contributed by atoms with van der Waals surface area (Å²) >= 11 is 0. The molecule has 55 heavy (non-hydrogen) atoms. The van der Waals surface area contributed by atoms with E-state index in [1.54, 1.807) is 51.1 Å². The van der Waals surface area contributed by atoms with Gasteiger partial charge in [-0.2, -0.15) is 0 Å². The Balaban J connectivity index is 0.000000393. The van der Waals surface area contributed by atoms with E-state index >= 15 is 0 Å². The van der Waals surface area contributed by atoms with E-state index in [2.05, 4.69) is 15.4 Å². The van der Waals surface area contributed by atoms with Gasteiger partial charge in [0.25, 0.3) is 0 Å². The van der Waals surface area contributed by atoms with Crippen molar-refractivity contribution in [3.63, 3.8) is 0 Å². The molecule has 0 saturated heterocycles. The monoisotopic (exact) mass is 768 g/mol. The number of unbranched alkanes of at least 4 members (excludes halogenated alkanes) is 2. The molecular weight excluding hydrogens is 712 g/mol. The molecule has 0 spiro atoms. The number of benzene rings is 3. The van der Waals surface area contributed by atoms with Crippen molar-refractivity contribution in [3.05, 3.63) is 83.4 Å². The number of amides is 2. The maximum atomic E-state index is 12.3. The third-order valence-electron chi connectivity index (χ3n) is 7.00. The number of phenols is 1. The number of phenolic OH excluding ortho intramolecular Hbond substituents is 1. The molecule has 14 heteroatoms. The zero-order valence-corrected chi connectivity index (χ0v) is 33.2. The number of esters is 2. The molecule has 0 saturated carbocycles. The van der Waals surface area contributed by atoms with Gasteiger partial charge in [-0.05, 0) is 97.1 Å². The van der Waals surface area contributed by atoms with E-state index in [-0.39, 0.29) is 22.6 Å². The topological polar surface area (TPSA) is 177 Å². The van der Waals surface area contributed by atoms with Gasteiger partial charge < -0.3 is 48.9 Å². The van der Waals surface area contributed by atoms with Crippen LogP contribution in [0.25, 0.3) is 0 Å². The van der Waals surface area contributed by atoms with Crippen LogP contribution in [0.4, 0.5) is 9.59 Å². The molecule has 14 nitrogen and oxygen atoms in total. The van der Waals surface area contributed by atoms with Gasteiger partial charge in [-0.3, -0.25) is 0 Å². The molecule has 3 aromatic rings. The largest absolute Gasteiger partial charge is 0.507 e. The van der Waals surface area contributed by atoms with Gasteiger partial charge in [0, 0.05) is 13.1 Å². The number of alkyl carbamates (subject to hydrolysis) is 2. The highest BCUT2D eigenvalue weighted by molar-refractivity contribution is 5.96. The number of carbonyl (C=O) groups excluding carboxylic acids is 4. The number of rotatable bonds is 17. The van der Waals surface area contributed by atoms with Crippen LogP contribution in [0.2, 0.25) is 0 Å². The molecule has 0 atom stereocenters. The van der Waals surface area contributed by atoms with E-state index in [1.807, 2.05) is 51.1 Å². The van der Waals surface area contributed by atoms with E-state index in [0.717, 1.165) is 5.56 Å². The number of ether oxygens (including phenoxy) is 7. The summed E-state index contributed by atoms with van der Waals surface area (Å²) in [5.41, 5.74) is 0.208. The smallest absolute Gasteiger partial charge is 0.407 e. The molecular formula is C41H56N2O12. The summed E-state index contributed by atoms with van der Waals surface area (Å²) in [5.74, 6) is -0.301. The van der Waals surface area contributed by atoms with Crippen molar-refractivity contribution in [1.82, 2.24) is 10.6 Å². The maximum Gasteiger partial charge on any atom is 0.407 e. The van der Waals surface area contributed by atoms with Gasteiger partial charge >= 0.3 is 24.1 Å². The maximum absolute atomic E-state index is 12.3. The Bertz CT molecular complexity index is 1650. The Morgan fingerprint density at radius 1 is 0.564 bits per heavy atom. The van der Waals surface area contributed by atoms with Gasteiger partial charge in [0.15, 0.2) is 0 Å². The van der Waals surface area contributed by atoms with Crippen molar-refractivity contribution in [2.45, 2.75) is 85.0 Å². The molecule has 0 fully saturated rings. The molecule has 2 amide bonds. The molecule has 0 radical (unpaired) electrons. The second-order valence-corrected chi connectivity index (χ2v) is 14.0. The summed E-state index contributed by atoms with van der Waals surface area (Å²) in [6.45, 7) is 12.8. The van der Waals surface area contributed by atoms with Crippen LogP contribution in [-0.2, 0) is 25.6 Å². The first kappa shape index (κ1) is 45.5. The summed E-state index contributed by atoms with van der Waals surface area (Å²) in [6.07, 6.45) is 1.84. The highest BCUT2D eigenvalue weighted by atomic mass is 16.6. The van der Waals surface area contributed by atoms with Gasteiger partial charge in [0.2, 0.25) is 0 Å². The lowest BCUT2D eigenvalue weighted by Gasteiger charge is -2.19. The zero-order chi connectivity index (χ0) is 40.9. The first-order valence-corrected chi connectivity index (χ1v) is 18.0. The van der Waals surface area contributed by atoms with Gasteiger partial charge in [-0.1, -0.05) is 42.5 Å². The molecule has 0 aliphatic carbocycles. The molecule has 0 heterocycles. The summed E-state index contributed by atoms with van der Waals surface area (Å²) in [6, 6.07) is 19.4. The van der Waals surface area contributed by atoms with E-state index < -0.39 is 35.3 Å². The normalized spacial score (nSPS) is 10.8. The third-order valence-corrected chi connectivity index (χ3v) is 7.00. The number of hydrogen-bond donors (Lipinski definition) is 3. The van der Waals surface area contributed by atoms with Gasteiger partial charge in [-0.15, -0.1) is 0 Å². The quantitative estimate of drug-likeness (QED) is 0.0697. The minimum absolute atomic E-state index is 0.00637.